The van der Waals surface area contributed by atoms with Crippen molar-refractivity contribution < 1.29 is 27.6 Å². The van der Waals surface area contributed by atoms with Gasteiger partial charge in [0.1, 0.15) is 5.25 Å². The molecule has 0 saturated carbocycles. The van der Waals surface area contributed by atoms with Gasteiger partial charge in [-0.15, -0.1) is 0 Å². The van der Waals surface area contributed by atoms with Crippen LogP contribution in [0.25, 0.3) is 0 Å². The summed E-state index contributed by atoms with van der Waals surface area (Å²) in [5, 5.41) is 7.41. The van der Waals surface area contributed by atoms with Crippen molar-refractivity contribution in [1.29, 1.82) is 0 Å². The van der Waals surface area contributed by atoms with Crippen molar-refractivity contribution in [3.63, 3.8) is 0 Å². The van der Waals surface area contributed by atoms with E-state index < -0.39 is 15.4 Å². The van der Waals surface area contributed by atoms with Crippen LogP contribution >= 0.6 is 0 Å². The van der Waals surface area contributed by atoms with Gasteiger partial charge < -0.3 is 14.6 Å². The summed E-state index contributed by atoms with van der Waals surface area (Å²) in [5.41, 5.74) is 1.29. The zero-order valence-electron chi connectivity index (χ0n) is 11.4. The summed E-state index contributed by atoms with van der Waals surface area (Å²) in [6.07, 6.45) is 0. The lowest BCUT2D eigenvalue weighted by Gasteiger charge is -2.16. The molecule has 1 aromatic carbocycles. The number of aliphatic hydroxyl groups excluding tert-OH is 1. The summed E-state index contributed by atoms with van der Waals surface area (Å²) >= 11 is 0. The van der Waals surface area contributed by atoms with Crippen LogP contribution in [0.3, 0.4) is 0 Å². The van der Waals surface area contributed by atoms with Gasteiger partial charge in [0.05, 0.1) is 33.0 Å². The zero-order chi connectivity index (χ0) is 15.0. The summed E-state index contributed by atoms with van der Waals surface area (Å²) in [6, 6.07) is 6.94. The number of aryl methyl sites for hydroxylation is 1. The van der Waals surface area contributed by atoms with Gasteiger partial charge in [-0.3, -0.25) is 4.55 Å². The molecular weight excluding hydrogens is 284 g/mol. The minimum atomic E-state index is -4.24. The van der Waals surface area contributed by atoms with Crippen molar-refractivity contribution in [2.75, 3.05) is 33.0 Å². The van der Waals surface area contributed by atoms with E-state index in [0.29, 0.717) is 5.56 Å². The highest BCUT2D eigenvalue weighted by atomic mass is 32.2. The van der Waals surface area contributed by atoms with Crippen molar-refractivity contribution in [1.82, 2.24) is 0 Å². The quantitative estimate of drug-likeness (QED) is 0.521. The van der Waals surface area contributed by atoms with E-state index in [0.717, 1.165) is 5.56 Å². The van der Waals surface area contributed by atoms with Crippen molar-refractivity contribution in [2.45, 2.75) is 12.2 Å². The molecule has 20 heavy (non-hydrogen) atoms. The van der Waals surface area contributed by atoms with Gasteiger partial charge >= 0.3 is 0 Å². The minimum Gasteiger partial charge on any atom is -0.394 e. The third kappa shape index (κ3) is 5.56. The lowest BCUT2D eigenvalue weighted by Crippen LogP contribution is -2.20. The number of rotatable bonds is 9. The molecule has 2 N–H and O–H groups in total. The maximum atomic E-state index is 11.5. The van der Waals surface area contributed by atoms with Crippen molar-refractivity contribution >= 4 is 10.1 Å². The van der Waals surface area contributed by atoms with Crippen LogP contribution in [0.5, 0.6) is 0 Å². The van der Waals surface area contributed by atoms with E-state index in [4.69, 9.17) is 14.6 Å². The van der Waals surface area contributed by atoms with E-state index in [1.165, 1.54) is 0 Å². The number of benzene rings is 1. The molecule has 1 rings (SSSR count). The SMILES string of the molecule is Cc1ccccc1C(COCCOCCO)S(=O)(=O)O. The van der Waals surface area contributed by atoms with E-state index in [1.807, 2.05) is 0 Å². The zero-order valence-corrected chi connectivity index (χ0v) is 12.2. The number of aliphatic hydroxyl groups is 1. The average Bonchev–Trinajstić information content (AvgIpc) is 2.38. The Labute approximate surface area is 119 Å². The first kappa shape index (κ1) is 17.1. The first-order valence-corrected chi connectivity index (χ1v) is 7.75. The monoisotopic (exact) mass is 304 g/mol. The van der Waals surface area contributed by atoms with E-state index in [2.05, 4.69) is 0 Å². The molecule has 0 heterocycles. The topological polar surface area (TPSA) is 93.1 Å². The Hall–Kier alpha value is -0.990. The summed E-state index contributed by atoms with van der Waals surface area (Å²) in [7, 11) is -4.24. The van der Waals surface area contributed by atoms with E-state index in [-0.39, 0.29) is 33.0 Å². The van der Waals surface area contributed by atoms with Crippen molar-refractivity contribution in [2.24, 2.45) is 0 Å². The Balaban J connectivity index is 2.62. The first-order valence-electron chi connectivity index (χ1n) is 6.25. The number of ether oxygens (including phenoxy) is 2. The fourth-order valence-electron chi connectivity index (χ4n) is 1.76. The van der Waals surface area contributed by atoms with Crippen LogP contribution in [0.1, 0.15) is 16.4 Å². The summed E-state index contributed by atoms with van der Waals surface area (Å²) in [5.74, 6) is 0. The van der Waals surface area contributed by atoms with Crippen molar-refractivity contribution in [3.8, 4) is 0 Å². The van der Waals surface area contributed by atoms with Gasteiger partial charge in [-0.1, -0.05) is 24.3 Å². The van der Waals surface area contributed by atoms with Crippen LogP contribution in [0.15, 0.2) is 24.3 Å². The largest absolute Gasteiger partial charge is 0.394 e. The van der Waals surface area contributed by atoms with Gasteiger partial charge in [0.25, 0.3) is 10.1 Å². The minimum absolute atomic E-state index is 0.0726. The van der Waals surface area contributed by atoms with E-state index in [9.17, 15) is 13.0 Å². The molecule has 1 atom stereocenters. The fourth-order valence-corrected chi connectivity index (χ4v) is 2.61. The van der Waals surface area contributed by atoms with Crippen LogP contribution in [0.2, 0.25) is 0 Å². The fraction of sp³-hybridized carbons (Fsp3) is 0.538. The number of hydrogen-bond acceptors (Lipinski definition) is 5. The second kappa shape index (κ2) is 8.33. The second-order valence-electron chi connectivity index (χ2n) is 4.27. The molecule has 7 heteroatoms. The molecule has 0 aromatic heterocycles. The molecule has 1 unspecified atom stereocenters. The van der Waals surface area contributed by atoms with Gasteiger partial charge in [-0.25, -0.2) is 0 Å². The second-order valence-corrected chi connectivity index (χ2v) is 5.87. The predicted molar refractivity (Wildman–Crippen MR) is 74.2 cm³/mol. The van der Waals surface area contributed by atoms with Gasteiger partial charge in [0, 0.05) is 0 Å². The summed E-state index contributed by atoms with van der Waals surface area (Å²) < 4.78 is 42.5. The Morgan fingerprint density at radius 1 is 1.15 bits per heavy atom. The van der Waals surface area contributed by atoms with Crippen LogP contribution < -0.4 is 0 Å². The van der Waals surface area contributed by atoms with Gasteiger partial charge in [0.2, 0.25) is 0 Å². The third-order valence-electron chi connectivity index (χ3n) is 2.77. The molecule has 0 aliphatic carbocycles. The maximum Gasteiger partial charge on any atom is 0.274 e. The molecule has 0 aliphatic rings. The Morgan fingerprint density at radius 2 is 1.80 bits per heavy atom. The standard InChI is InChI=1S/C13H20O6S/c1-11-4-2-3-5-12(11)13(20(15,16)17)10-19-9-8-18-7-6-14/h2-5,13-14H,6-10H2,1H3,(H,15,16,17). The molecule has 114 valence electrons. The lowest BCUT2D eigenvalue weighted by molar-refractivity contribution is 0.0327. The third-order valence-corrected chi connectivity index (χ3v) is 3.88. The average molecular weight is 304 g/mol. The first-order chi connectivity index (χ1) is 9.46. The number of hydrogen-bond donors (Lipinski definition) is 2. The van der Waals surface area contributed by atoms with Crippen LogP contribution in [-0.2, 0) is 19.6 Å². The van der Waals surface area contributed by atoms with Crippen LogP contribution in [0, 0.1) is 6.92 Å². The van der Waals surface area contributed by atoms with Gasteiger partial charge in [-0.2, -0.15) is 8.42 Å². The van der Waals surface area contributed by atoms with Crippen molar-refractivity contribution in [3.05, 3.63) is 35.4 Å². The smallest absolute Gasteiger partial charge is 0.274 e. The predicted octanol–water partition coefficient (Wildman–Crippen LogP) is 0.949. The van der Waals surface area contributed by atoms with Crippen LogP contribution in [0.4, 0.5) is 0 Å². The van der Waals surface area contributed by atoms with Gasteiger partial charge in [-0.05, 0) is 18.1 Å². The highest BCUT2D eigenvalue weighted by Crippen LogP contribution is 2.24. The van der Waals surface area contributed by atoms with E-state index in [1.54, 1.807) is 31.2 Å². The Morgan fingerprint density at radius 3 is 2.40 bits per heavy atom. The molecule has 0 radical (unpaired) electrons. The molecule has 0 aliphatic heterocycles. The molecule has 0 saturated heterocycles. The molecule has 0 bridgehead atoms. The molecular formula is C13H20O6S. The maximum absolute atomic E-state index is 11.5. The molecule has 0 amide bonds. The lowest BCUT2D eigenvalue weighted by atomic mass is 10.1. The summed E-state index contributed by atoms with van der Waals surface area (Å²) in [6.45, 7) is 2.22. The Kier molecular flexibility index (Phi) is 7.11. The molecule has 1 aromatic rings. The Bertz CT molecular complexity index is 499. The molecule has 6 nitrogen and oxygen atoms in total. The summed E-state index contributed by atoms with van der Waals surface area (Å²) in [4.78, 5) is 0. The normalized spacial score (nSPS) is 13.3. The van der Waals surface area contributed by atoms with E-state index >= 15 is 0 Å². The molecule has 0 fully saturated rings. The highest BCUT2D eigenvalue weighted by Gasteiger charge is 2.26. The van der Waals surface area contributed by atoms with Gasteiger partial charge in [0.15, 0.2) is 0 Å². The van der Waals surface area contributed by atoms with Crippen LogP contribution in [-0.4, -0.2) is 51.1 Å². The molecule has 0 spiro atoms. The highest BCUT2D eigenvalue weighted by molar-refractivity contribution is 7.86.